The third-order valence-corrected chi connectivity index (χ3v) is 6.09. The van der Waals surface area contributed by atoms with Gasteiger partial charge in [0.25, 0.3) is 0 Å². The maximum atomic E-state index is 11.6. The third kappa shape index (κ3) is 4.16. The minimum atomic E-state index is -4.28. The van der Waals surface area contributed by atoms with E-state index >= 15 is 0 Å². The summed E-state index contributed by atoms with van der Waals surface area (Å²) < 4.78 is 17.3. The molecule has 1 atom stereocenters. The molecular weight excluding hydrogens is 330 g/mol. The average molecular weight is 351 g/mol. The summed E-state index contributed by atoms with van der Waals surface area (Å²) in [6, 6.07) is 9.76. The van der Waals surface area contributed by atoms with Crippen molar-refractivity contribution < 1.29 is 19.1 Å². The van der Waals surface area contributed by atoms with Crippen LogP contribution in [0.1, 0.15) is 37.1 Å². The van der Waals surface area contributed by atoms with Crippen LogP contribution in [-0.2, 0) is 9.30 Å². The van der Waals surface area contributed by atoms with E-state index in [0.29, 0.717) is 12.8 Å². The van der Waals surface area contributed by atoms with Gasteiger partial charge in [0, 0.05) is 0 Å². The first-order valence-electron chi connectivity index (χ1n) is 6.29. The van der Waals surface area contributed by atoms with Crippen LogP contribution in [0.25, 0.3) is 0 Å². The first-order chi connectivity index (χ1) is 8.86. The molecule has 0 amide bonds. The topological polar surface area (TPSA) is 66.8 Å². The van der Waals surface area contributed by atoms with Gasteiger partial charge < -0.3 is 0 Å². The van der Waals surface area contributed by atoms with Gasteiger partial charge in [-0.15, -0.1) is 0 Å². The van der Waals surface area contributed by atoms with Crippen molar-refractivity contribution in [2.45, 2.75) is 36.8 Å². The predicted octanol–water partition coefficient (Wildman–Crippen LogP) is 2.34. The molecule has 0 bridgehead atoms. The van der Waals surface area contributed by atoms with Crippen molar-refractivity contribution in [1.82, 2.24) is 0 Å². The van der Waals surface area contributed by atoms with Gasteiger partial charge in [0.1, 0.15) is 0 Å². The van der Waals surface area contributed by atoms with E-state index in [2.05, 4.69) is 16.0 Å². The summed E-state index contributed by atoms with van der Waals surface area (Å²) in [7, 11) is -4.28. The van der Waals surface area contributed by atoms with Gasteiger partial charge >= 0.3 is 122 Å². The summed E-state index contributed by atoms with van der Waals surface area (Å²) >= 11 is 2.49. The van der Waals surface area contributed by atoms with E-state index in [4.69, 9.17) is 4.74 Å². The summed E-state index contributed by atoms with van der Waals surface area (Å²) in [5, 5.41) is -1.36. The molecule has 4 nitrogen and oxygen atoms in total. The molecule has 0 saturated carbocycles. The Balaban J connectivity index is 2.76. The third-order valence-electron chi connectivity index (χ3n) is 3.33. The molecule has 19 heavy (non-hydrogen) atoms. The van der Waals surface area contributed by atoms with Gasteiger partial charge in [-0.1, -0.05) is 0 Å². The Morgan fingerprint density at radius 2 is 1.79 bits per heavy atom. The molecule has 0 aliphatic carbocycles. The van der Waals surface area contributed by atoms with Crippen LogP contribution in [0.15, 0.2) is 30.3 Å². The molecule has 1 rings (SSSR count). The summed E-state index contributed by atoms with van der Waals surface area (Å²) in [5.41, 5.74) is 1.08. The van der Waals surface area contributed by atoms with Crippen LogP contribution in [0.5, 0.6) is 0 Å². The Hall–Kier alpha value is -0.151. The van der Waals surface area contributed by atoms with E-state index in [-0.39, 0.29) is 11.4 Å². The number of ether oxygens (including phenoxy) is 1. The van der Waals surface area contributed by atoms with Gasteiger partial charge in [-0.25, -0.2) is 0 Å². The van der Waals surface area contributed by atoms with E-state index in [1.165, 1.54) is 0 Å². The molecule has 108 valence electrons. The Kier molecular flexibility index (Phi) is 6.25. The van der Waals surface area contributed by atoms with Crippen LogP contribution in [0, 0.1) is 0 Å². The van der Waals surface area contributed by atoms with Gasteiger partial charge in [0.05, 0.1) is 0 Å². The fourth-order valence-electron chi connectivity index (χ4n) is 1.96. The first-order valence-corrected chi connectivity index (χ1v) is 8.98. The van der Waals surface area contributed by atoms with Gasteiger partial charge in [0.15, 0.2) is 0 Å². The number of benzene rings is 1. The fraction of sp³-hybridized carbons (Fsp3) is 0.538. The van der Waals surface area contributed by atoms with Crippen molar-refractivity contribution in [2.75, 3.05) is 6.61 Å². The molecule has 0 aliphatic heterocycles. The predicted molar refractivity (Wildman–Crippen MR) is 77.6 cm³/mol. The van der Waals surface area contributed by atoms with Crippen LogP contribution >= 0.6 is 7.60 Å². The zero-order valence-corrected chi connectivity index (χ0v) is 14.0. The fourth-order valence-corrected chi connectivity index (χ4v) is 3.54. The second-order valence-electron chi connectivity index (χ2n) is 4.43. The van der Waals surface area contributed by atoms with Gasteiger partial charge in [-0.05, 0) is 0 Å². The van der Waals surface area contributed by atoms with Gasteiger partial charge in [0.2, 0.25) is 0 Å². The standard InChI is InChI=1S/C13H21O4PSe/c1-3-13(4-2,18(14,15)16)17-10-12(19)11-8-6-5-7-9-11/h5-9,12,19H,3-4,10H2,1-2H3,(H2,14,15,16). The molecule has 0 radical (unpaired) electrons. The van der Waals surface area contributed by atoms with Crippen molar-refractivity contribution in [3.05, 3.63) is 35.9 Å². The van der Waals surface area contributed by atoms with Crippen LogP contribution in [-0.4, -0.2) is 37.7 Å². The Labute approximate surface area is 122 Å². The van der Waals surface area contributed by atoms with Crippen LogP contribution in [0.4, 0.5) is 0 Å². The van der Waals surface area contributed by atoms with E-state index in [1.807, 2.05) is 30.3 Å². The zero-order chi connectivity index (χ0) is 14.5. The molecular formula is C13H21O4PSe. The number of rotatable bonds is 7. The molecule has 1 aromatic carbocycles. The molecule has 0 aliphatic rings. The normalized spacial score (nSPS) is 14.4. The Morgan fingerprint density at radius 3 is 2.21 bits per heavy atom. The van der Waals surface area contributed by atoms with Crippen molar-refractivity contribution in [1.29, 1.82) is 0 Å². The van der Waals surface area contributed by atoms with Crippen molar-refractivity contribution >= 4 is 23.6 Å². The number of hydrogen-bond acceptors (Lipinski definition) is 2. The molecule has 0 spiro atoms. The van der Waals surface area contributed by atoms with E-state index < -0.39 is 12.9 Å². The second kappa shape index (κ2) is 7.03. The summed E-state index contributed by atoms with van der Waals surface area (Å²) in [6.07, 6.45) is 0.588. The monoisotopic (exact) mass is 352 g/mol. The van der Waals surface area contributed by atoms with Crippen molar-refractivity contribution in [3.63, 3.8) is 0 Å². The molecule has 1 unspecified atom stereocenters. The van der Waals surface area contributed by atoms with E-state index in [0.717, 1.165) is 5.56 Å². The van der Waals surface area contributed by atoms with Crippen molar-refractivity contribution in [2.24, 2.45) is 0 Å². The summed E-state index contributed by atoms with van der Waals surface area (Å²) in [6.45, 7) is 3.76. The molecule has 6 heteroatoms. The quantitative estimate of drug-likeness (QED) is 0.585. The van der Waals surface area contributed by atoms with E-state index in [1.54, 1.807) is 13.8 Å². The Bertz CT molecular complexity index is 428. The molecule has 0 fully saturated rings. The van der Waals surface area contributed by atoms with E-state index in [9.17, 15) is 14.4 Å². The molecule has 2 N–H and O–H groups in total. The molecule has 1 aromatic rings. The number of hydrogen-bond donors (Lipinski definition) is 2. The maximum absolute atomic E-state index is 11.6. The van der Waals surface area contributed by atoms with Crippen LogP contribution in [0.3, 0.4) is 0 Å². The van der Waals surface area contributed by atoms with Crippen LogP contribution in [0.2, 0.25) is 0 Å². The average Bonchev–Trinajstić information content (AvgIpc) is 2.39. The summed E-state index contributed by atoms with van der Waals surface area (Å²) in [4.78, 5) is 19.0. The summed E-state index contributed by atoms with van der Waals surface area (Å²) in [5.74, 6) is 0. The van der Waals surface area contributed by atoms with Crippen LogP contribution < -0.4 is 0 Å². The molecule has 0 saturated heterocycles. The minimum absolute atomic E-state index is 0.0396. The second-order valence-corrected chi connectivity index (χ2v) is 7.65. The SMILES string of the molecule is CCC(CC)(OCC([SeH])c1ccccc1)P(=O)(O)O. The first kappa shape index (κ1) is 16.9. The van der Waals surface area contributed by atoms with Gasteiger partial charge in [-0.2, -0.15) is 0 Å². The van der Waals surface area contributed by atoms with Gasteiger partial charge in [-0.3, -0.25) is 0 Å². The van der Waals surface area contributed by atoms with Crippen molar-refractivity contribution in [3.8, 4) is 0 Å². The molecule has 0 heterocycles. The molecule has 0 aromatic heterocycles. The Morgan fingerprint density at radius 1 is 1.26 bits per heavy atom. The zero-order valence-electron chi connectivity index (χ0n) is 11.2.